The maximum absolute atomic E-state index is 15.7. The van der Waals surface area contributed by atoms with Gasteiger partial charge in [-0.05, 0) is 26.7 Å². The van der Waals surface area contributed by atoms with Gasteiger partial charge in [0.25, 0.3) is 0 Å². The van der Waals surface area contributed by atoms with Crippen LogP contribution in [0.15, 0.2) is 11.0 Å². The number of fused-ring (bicyclic) bond motifs is 1. The molecule has 1 aliphatic carbocycles. The quantitative estimate of drug-likeness (QED) is 0.529. The number of pyridine rings is 1. The number of piperazine rings is 1. The predicted octanol–water partition coefficient (Wildman–Crippen LogP) is 2.44. The number of rotatable bonds is 3. The molecule has 0 bridgehead atoms. The molecule has 2 aliphatic rings. The molecule has 2 heterocycles. The lowest BCUT2D eigenvalue weighted by Gasteiger charge is -2.38. The Morgan fingerprint density at radius 2 is 1.86 bits per heavy atom. The zero-order valence-corrected chi connectivity index (χ0v) is 16.0. The maximum atomic E-state index is 15.7. The van der Waals surface area contributed by atoms with Gasteiger partial charge in [0.2, 0.25) is 5.43 Å². The lowest BCUT2D eigenvalue weighted by molar-refractivity contribution is 0.143. The lowest BCUT2D eigenvalue weighted by Crippen LogP contribution is -2.54. The lowest BCUT2D eigenvalue weighted by atomic mass is 10.1. The minimum Gasteiger partial charge on any atom is -0.449 e. The molecule has 4 N–H and O–H groups in total. The number of benzene rings is 1. The monoisotopic (exact) mass is 408 g/mol. The van der Waals surface area contributed by atoms with Crippen LogP contribution >= 0.6 is 0 Å². The summed E-state index contributed by atoms with van der Waals surface area (Å²) in [5, 5.41) is 11.8. The normalized spacial score (nSPS) is 22.1. The topological polar surface area (TPSA) is 110 Å². The first-order chi connectivity index (χ1) is 13.7. The second kappa shape index (κ2) is 6.87. The number of halogens is 2. The molecule has 0 unspecified atom stereocenters. The highest BCUT2D eigenvalue weighted by atomic mass is 19.1. The largest absolute Gasteiger partial charge is 0.511 e. The Kier molecular flexibility index (Phi) is 4.60. The molecule has 4 rings (SSSR count). The third-order valence-corrected chi connectivity index (χ3v) is 5.34. The van der Waals surface area contributed by atoms with Gasteiger partial charge in [0.1, 0.15) is 5.69 Å². The number of nitrogen functional groups attached to an aromatic ring is 1. The van der Waals surface area contributed by atoms with Crippen molar-refractivity contribution in [2.75, 3.05) is 23.7 Å². The van der Waals surface area contributed by atoms with Crippen molar-refractivity contribution < 1.29 is 23.4 Å². The molecule has 10 heteroatoms. The predicted molar refractivity (Wildman–Crippen MR) is 104 cm³/mol. The molecular weight excluding hydrogens is 386 g/mol. The fourth-order valence-electron chi connectivity index (χ4n) is 4.12. The van der Waals surface area contributed by atoms with Gasteiger partial charge in [-0.25, -0.2) is 13.6 Å². The fourth-order valence-corrected chi connectivity index (χ4v) is 4.12. The molecular formula is C19H22F2N4O4. The van der Waals surface area contributed by atoms with Crippen LogP contribution in [0.4, 0.5) is 25.0 Å². The van der Waals surface area contributed by atoms with Gasteiger partial charge < -0.3 is 30.4 Å². The van der Waals surface area contributed by atoms with Gasteiger partial charge in [0, 0.05) is 31.2 Å². The Bertz CT molecular complexity index is 1060. The van der Waals surface area contributed by atoms with Gasteiger partial charge in [-0.1, -0.05) is 0 Å². The highest BCUT2D eigenvalue weighted by Crippen LogP contribution is 2.42. The SMILES string of the molecule is C[C@@H]1CN(c2c(F)c(N)c3c(=O)c(OC(=O)O)cn(C4CC4)c3c2F)C[C@H](C)N1. The minimum atomic E-state index is -1.69. The molecule has 1 aromatic heterocycles. The van der Waals surface area contributed by atoms with Gasteiger partial charge in [-0.15, -0.1) is 0 Å². The first-order valence-electron chi connectivity index (χ1n) is 9.46. The van der Waals surface area contributed by atoms with Crippen LogP contribution in [0.25, 0.3) is 10.9 Å². The van der Waals surface area contributed by atoms with E-state index in [1.807, 2.05) is 13.8 Å². The van der Waals surface area contributed by atoms with E-state index in [2.05, 4.69) is 10.1 Å². The smallest absolute Gasteiger partial charge is 0.449 e. The number of ether oxygens (including phenoxy) is 1. The zero-order chi connectivity index (χ0) is 21.0. The van der Waals surface area contributed by atoms with Crippen LogP contribution in [-0.2, 0) is 0 Å². The van der Waals surface area contributed by atoms with Crippen LogP contribution in [0.5, 0.6) is 5.75 Å². The minimum absolute atomic E-state index is 0.00596. The molecule has 2 aromatic rings. The first-order valence-corrected chi connectivity index (χ1v) is 9.46. The van der Waals surface area contributed by atoms with E-state index < -0.39 is 40.0 Å². The van der Waals surface area contributed by atoms with Gasteiger partial charge >= 0.3 is 6.16 Å². The molecule has 1 saturated heterocycles. The van der Waals surface area contributed by atoms with Gasteiger partial charge in [-0.3, -0.25) is 4.79 Å². The van der Waals surface area contributed by atoms with Crippen molar-refractivity contribution in [3.05, 3.63) is 28.1 Å². The highest BCUT2D eigenvalue weighted by molar-refractivity contribution is 5.96. The maximum Gasteiger partial charge on any atom is 0.511 e. The standard InChI is InChI=1S/C19H22F2N4O4/c1-8-5-24(6-9(2)23-8)17-13(20)15(22)12-16(14(17)21)25(10-3-4-10)7-11(18(12)26)29-19(27)28/h7-10,23H,3-6,22H2,1-2H3,(H,27,28)/t8-,9+. The van der Waals surface area contributed by atoms with E-state index in [1.54, 1.807) is 4.90 Å². The molecule has 1 saturated carbocycles. The Balaban J connectivity index is 2.01. The summed E-state index contributed by atoms with van der Waals surface area (Å²) in [6.07, 6.45) is 0.920. The van der Waals surface area contributed by atoms with Crippen molar-refractivity contribution in [2.45, 2.75) is 44.8 Å². The number of nitrogens with two attached hydrogens (primary N) is 1. The third-order valence-electron chi connectivity index (χ3n) is 5.34. The number of hydrogen-bond acceptors (Lipinski definition) is 6. The Morgan fingerprint density at radius 3 is 2.41 bits per heavy atom. The summed E-state index contributed by atoms with van der Waals surface area (Å²) in [6, 6.07) is -0.125. The number of anilines is 2. The van der Waals surface area contributed by atoms with E-state index in [0.29, 0.717) is 13.1 Å². The van der Waals surface area contributed by atoms with E-state index in [0.717, 1.165) is 12.8 Å². The van der Waals surface area contributed by atoms with Gasteiger partial charge in [0.15, 0.2) is 17.4 Å². The molecule has 1 aromatic carbocycles. The molecule has 0 amide bonds. The molecule has 2 atom stereocenters. The van der Waals surface area contributed by atoms with Crippen molar-refractivity contribution >= 4 is 28.4 Å². The average molecular weight is 408 g/mol. The van der Waals surface area contributed by atoms with E-state index in [1.165, 1.54) is 10.8 Å². The second-order valence-electron chi connectivity index (χ2n) is 7.82. The van der Waals surface area contributed by atoms with Gasteiger partial charge in [0.05, 0.1) is 22.8 Å². The van der Waals surface area contributed by atoms with Crippen molar-refractivity contribution in [3.8, 4) is 5.75 Å². The molecule has 8 nitrogen and oxygen atoms in total. The summed E-state index contributed by atoms with van der Waals surface area (Å²) in [5.74, 6) is -2.43. The van der Waals surface area contributed by atoms with Crippen molar-refractivity contribution in [3.63, 3.8) is 0 Å². The van der Waals surface area contributed by atoms with Crippen LogP contribution in [0.1, 0.15) is 32.7 Å². The molecule has 156 valence electrons. The highest BCUT2D eigenvalue weighted by Gasteiger charge is 2.34. The number of nitrogens with zero attached hydrogens (tertiary/aromatic N) is 2. The summed E-state index contributed by atoms with van der Waals surface area (Å²) >= 11 is 0. The molecule has 0 spiro atoms. The number of aromatic nitrogens is 1. The Hall–Kier alpha value is -2.88. The molecule has 0 radical (unpaired) electrons. The number of nitrogens with one attached hydrogen (secondary N) is 1. The number of carbonyl (C=O) groups is 1. The summed E-state index contributed by atoms with van der Waals surface area (Å²) in [4.78, 5) is 25.3. The van der Waals surface area contributed by atoms with Crippen LogP contribution in [0.2, 0.25) is 0 Å². The van der Waals surface area contributed by atoms with E-state index >= 15 is 8.78 Å². The van der Waals surface area contributed by atoms with E-state index in [-0.39, 0.29) is 29.3 Å². The Morgan fingerprint density at radius 1 is 1.24 bits per heavy atom. The van der Waals surface area contributed by atoms with Crippen molar-refractivity contribution in [2.24, 2.45) is 0 Å². The fraction of sp³-hybridized carbons (Fsp3) is 0.474. The summed E-state index contributed by atoms with van der Waals surface area (Å²) < 4.78 is 36.9. The van der Waals surface area contributed by atoms with Crippen LogP contribution in [0, 0.1) is 11.6 Å². The summed E-state index contributed by atoms with van der Waals surface area (Å²) in [6.45, 7) is 4.57. The zero-order valence-electron chi connectivity index (χ0n) is 16.0. The summed E-state index contributed by atoms with van der Waals surface area (Å²) in [7, 11) is 0. The Labute approximate surface area is 164 Å². The number of hydrogen-bond donors (Lipinski definition) is 3. The van der Waals surface area contributed by atoms with Gasteiger partial charge in [-0.2, -0.15) is 0 Å². The molecule has 29 heavy (non-hydrogen) atoms. The molecule has 1 aliphatic heterocycles. The molecule has 2 fully saturated rings. The van der Waals surface area contributed by atoms with Crippen LogP contribution in [-0.4, -0.2) is 41.0 Å². The van der Waals surface area contributed by atoms with Crippen molar-refractivity contribution in [1.29, 1.82) is 0 Å². The van der Waals surface area contributed by atoms with E-state index in [4.69, 9.17) is 10.8 Å². The third kappa shape index (κ3) is 3.27. The number of carboxylic acid groups (broad SMARTS) is 1. The summed E-state index contributed by atoms with van der Waals surface area (Å²) in [5.41, 5.74) is 4.10. The first kappa shape index (κ1) is 19.4. The van der Waals surface area contributed by atoms with Crippen molar-refractivity contribution in [1.82, 2.24) is 9.88 Å². The van der Waals surface area contributed by atoms with Crippen LogP contribution < -0.4 is 26.1 Å². The van der Waals surface area contributed by atoms with Crippen LogP contribution in [0.3, 0.4) is 0 Å². The average Bonchev–Trinajstić information content (AvgIpc) is 3.45. The second-order valence-corrected chi connectivity index (χ2v) is 7.82. The van der Waals surface area contributed by atoms with E-state index in [9.17, 15) is 9.59 Å².